The molecule has 6 atom stereocenters. The van der Waals surface area contributed by atoms with E-state index in [9.17, 15) is 9.59 Å². The molecule has 0 N–H and O–H groups in total. The van der Waals surface area contributed by atoms with Crippen molar-refractivity contribution < 1.29 is 9.59 Å². The second-order valence-electron chi connectivity index (χ2n) is 16.3. The molecule has 0 saturated heterocycles. The summed E-state index contributed by atoms with van der Waals surface area (Å²) in [7, 11) is 0. The van der Waals surface area contributed by atoms with Gasteiger partial charge in [0.1, 0.15) is 11.6 Å². The lowest BCUT2D eigenvalue weighted by atomic mass is 9.47. The van der Waals surface area contributed by atoms with E-state index < -0.39 is 0 Å². The largest absolute Gasteiger partial charge is 0.300 e. The summed E-state index contributed by atoms with van der Waals surface area (Å²) in [4.78, 5) is 26.2. The minimum atomic E-state index is 0.219. The molecule has 0 aromatic carbocycles. The van der Waals surface area contributed by atoms with Crippen LogP contribution in [-0.4, -0.2) is 11.6 Å². The first-order valence-corrected chi connectivity index (χ1v) is 16.7. The standard InChI is InChI=1S/C38H60O2/c1-27-17-19-33-35(3,4)21-13-23-37(33,7)31(27)25-29(39)15-11-9-10-12-16-30(40)26-32-28(2)18-20-34-36(5,6)22-14-24-38(32,34)8/h9-10,31-34H,1-2,11-26H2,3-8H3/b10-9+/t31-,32-,33-,34-,37+,38+/m0/s1. The summed E-state index contributed by atoms with van der Waals surface area (Å²) in [5, 5.41) is 0. The number of fused-ring (bicyclic) bond motifs is 2. The summed E-state index contributed by atoms with van der Waals surface area (Å²) in [5.41, 5.74) is 3.80. The molecular formula is C38H60O2. The molecule has 40 heavy (non-hydrogen) atoms. The molecule has 4 aliphatic rings. The molecular weight excluding hydrogens is 488 g/mol. The third-order valence-corrected chi connectivity index (χ3v) is 12.8. The van der Waals surface area contributed by atoms with Crippen LogP contribution in [-0.2, 0) is 9.59 Å². The van der Waals surface area contributed by atoms with Gasteiger partial charge in [0.2, 0.25) is 0 Å². The van der Waals surface area contributed by atoms with Crippen molar-refractivity contribution in [1.29, 1.82) is 0 Å². The van der Waals surface area contributed by atoms with E-state index in [0.29, 0.717) is 71.8 Å². The summed E-state index contributed by atoms with van der Waals surface area (Å²) >= 11 is 0. The fourth-order valence-corrected chi connectivity index (χ4v) is 10.7. The Kier molecular flexibility index (Phi) is 9.48. The Hall–Kier alpha value is -1.44. The highest BCUT2D eigenvalue weighted by Gasteiger charge is 2.54. The number of carbonyl (C=O) groups excluding carboxylic acids is 2. The van der Waals surface area contributed by atoms with Gasteiger partial charge in [-0.25, -0.2) is 0 Å². The fraction of sp³-hybridized carbons (Fsp3) is 0.789. The highest BCUT2D eigenvalue weighted by atomic mass is 16.1. The fourth-order valence-electron chi connectivity index (χ4n) is 10.7. The van der Waals surface area contributed by atoms with Crippen molar-refractivity contribution in [3.8, 4) is 0 Å². The highest BCUT2D eigenvalue weighted by molar-refractivity contribution is 5.80. The van der Waals surface area contributed by atoms with Gasteiger partial charge in [-0.15, -0.1) is 0 Å². The molecule has 4 aliphatic carbocycles. The lowest BCUT2D eigenvalue weighted by molar-refractivity contribution is -0.124. The maximum Gasteiger partial charge on any atom is 0.133 e. The number of allylic oxidation sites excluding steroid dienone is 4. The van der Waals surface area contributed by atoms with Crippen molar-refractivity contribution in [2.24, 2.45) is 45.3 Å². The average molecular weight is 549 g/mol. The average Bonchev–Trinajstić information content (AvgIpc) is 2.85. The molecule has 0 aromatic rings. The van der Waals surface area contributed by atoms with Gasteiger partial charge in [0, 0.05) is 25.7 Å². The number of hydrogen-bond acceptors (Lipinski definition) is 2. The Morgan fingerprint density at radius 1 is 0.675 bits per heavy atom. The van der Waals surface area contributed by atoms with Crippen LogP contribution in [0.25, 0.3) is 0 Å². The summed E-state index contributed by atoms with van der Waals surface area (Å²) in [6.07, 6.45) is 20.6. The molecule has 0 aliphatic heterocycles. The Morgan fingerprint density at radius 3 is 1.43 bits per heavy atom. The molecule has 4 rings (SSSR count). The van der Waals surface area contributed by atoms with Crippen LogP contribution in [0.2, 0.25) is 0 Å². The minimum Gasteiger partial charge on any atom is -0.300 e. The highest BCUT2D eigenvalue weighted by Crippen LogP contribution is 2.62. The first-order valence-electron chi connectivity index (χ1n) is 16.7. The van der Waals surface area contributed by atoms with Crippen LogP contribution in [0.3, 0.4) is 0 Å². The van der Waals surface area contributed by atoms with Gasteiger partial charge < -0.3 is 0 Å². The van der Waals surface area contributed by atoms with E-state index in [4.69, 9.17) is 0 Å². The third kappa shape index (κ3) is 6.32. The SMILES string of the molecule is C=C1CC[C@H]2C(C)(C)CCC[C@]2(C)[C@H]1CC(=O)CC/C=C/CCC(=O)C[C@H]1C(=C)CC[C@H]2C(C)(C)CCC[C@]12C. The predicted molar refractivity (Wildman–Crippen MR) is 169 cm³/mol. The monoisotopic (exact) mass is 548 g/mol. The number of Topliss-reactive ketones (excluding diaryl/α,β-unsaturated/α-hetero) is 2. The van der Waals surface area contributed by atoms with Gasteiger partial charge in [0.15, 0.2) is 0 Å². The molecule has 2 nitrogen and oxygen atoms in total. The van der Waals surface area contributed by atoms with E-state index in [1.165, 1.54) is 62.5 Å². The van der Waals surface area contributed by atoms with Gasteiger partial charge >= 0.3 is 0 Å². The molecule has 2 heteroatoms. The normalized spacial score (nSPS) is 37.1. The van der Waals surface area contributed by atoms with E-state index >= 15 is 0 Å². The van der Waals surface area contributed by atoms with Crippen LogP contribution < -0.4 is 0 Å². The Morgan fingerprint density at radius 2 is 1.05 bits per heavy atom. The summed E-state index contributed by atoms with van der Waals surface area (Å²) in [6.45, 7) is 23.6. The van der Waals surface area contributed by atoms with Crippen molar-refractivity contribution in [1.82, 2.24) is 0 Å². The zero-order chi connectivity index (χ0) is 29.3. The molecule has 0 aromatic heterocycles. The van der Waals surface area contributed by atoms with E-state index in [1.807, 2.05) is 0 Å². The van der Waals surface area contributed by atoms with Crippen molar-refractivity contribution in [3.05, 3.63) is 36.5 Å². The minimum absolute atomic E-state index is 0.219. The molecule has 0 heterocycles. The molecule has 224 valence electrons. The first kappa shape index (κ1) is 31.5. The predicted octanol–water partition coefficient (Wildman–Crippen LogP) is 10.6. The maximum atomic E-state index is 13.1. The summed E-state index contributed by atoms with van der Waals surface area (Å²) < 4.78 is 0. The second-order valence-corrected chi connectivity index (χ2v) is 16.3. The summed E-state index contributed by atoms with van der Waals surface area (Å²) in [6, 6.07) is 0. The van der Waals surface area contributed by atoms with Gasteiger partial charge in [0.05, 0.1) is 0 Å². The lowest BCUT2D eigenvalue weighted by Gasteiger charge is -2.58. The Bertz CT molecular complexity index is 931. The third-order valence-electron chi connectivity index (χ3n) is 12.8. The molecule has 0 unspecified atom stereocenters. The number of carbonyl (C=O) groups is 2. The van der Waals surface area contributed by atoms with Crippen LogP contribution in [0.1, 0.15) is 144 Å². The van der Waals surface area contributed by atoms with Gasteiger partial charge in [-0.05, 0) is 110 Å². The van der Waals surface area contributed by atoms with Gasteiger partial charge in [-0.2, -0.15) is 0 Å². The van der Waals surface area contributed by atoms with Crippen molar-refractivity contribution in [3.63, 3.8) is 0 Å². The van der Waals surface area contributed by atoms with Crippen molar-refractivity contribution in [2.45, 2.75) is 144 Å². The van der Waals surface area contributed by atoms with Crippen LogP contribution in [0.5, 0.6) is 0 Å². The quantitative estimate of drug-likeness (QED) is 0.254. The zero-order valence-electron chi connectivity index (χ0n) is 27.0. The van der Waals surface area contributed by atoms with E-state index in [2.05, 4.69) is 66.9 Å². The topological polar surface area (TPSA) is 34.1 Å². The van der Waals surface area contributed by atoms with E-state index in [1.54, 1.807) is 0 Å². The molecule has 4 saturated carbocycles. The van der Waals surface area contributed by atoms with Crippen molar-refractivity contribution >= 4 is 11.6 Å². The van der Waals surface area contributed by atoms with Gasteiger partial charge in [0.25, 0.3) is 0 Å². The van der Waals surface area contributed by atoms with Gasteiger partial charge in [-0.3, -0.25) is 9.59 Å². The van der Waals surface area contributed by atoms with E-state index in [-0.39, 0.29) is 10.8 Å². The molecule has 0 radical (unpaired) electrons. The first-order chi connectivity index (χ1) is 18.7. The second kappa shape index (κ2) is 12.0. The van der Waals surface area contributed by atoms with Crippen molar-refractivity contribution in [2.75, 3.05) is 0 Å². The molecule has 0 spiro atoms. The smallest absolute Gasteiger partial charge is 0.133 e. The van der Waals surface area contributed by atoms with Gasteiger partial charge in [-0.1, -0.05) is 90.8 Å². The number of rotatable bonds is 10. The lowest BCUT2D eigenvalue weighted by Crippen LogP contribution is -2.49. The Balaban J connectivity index is 1.22. The number of hydrogen-bond donors (Lipinski definition) is 0. The molecule has 0 bridgehead atoms. The zero-order valence-corrected chi connectivity index (χ0v) is 27.0. The molecule has 0 amide bonds. The summed E-state index contributed by atoms with van der Waals surface area (Å²) in [5.74, 6) is 2.82. The van der Waals surface area contributed by atoms with Crippen LogP contribution in [0.4, 0.5) is 0 Å². The molecule has 4 fully saturated rings. The van der Waals surface area contributed by atoms with Crippen LogP contribution in [0.15, 0.2) is 36.5 Å². The van der Waals surface area contributed by atoms with Crippen LogP contribution in [0, 0.1) is 45.3 Å². The van der Waals surface area contributed by atoms with Crippen LogP contribution >= 0.6 is 0 Å². The number of ketones is 2. The maximum absolute atomic E-state index is 13.1. The Labute approximate surface area is 246 Å². The van der Waals surface area contributed by atoms with E-state index in [0.717, 1.165) is 25.7 Å².